The van der Waals surface area contributed by atoms with Crippen LogP contribution in [-0.4, -0.2) is 35.4 Å². The van der Waals surface area contributed by atoms with Crippen LogP contribution < -0.4 is 15.4 Å². The number of rotatable bonds is 6. The third-order valence-corrected chi connectivity index (χ3v) is 3.85. The fraction of sp³-hybridized carbons (Fsp3) is 0.167. The summed E-state index contributed by atoms with van der Waals surface area (Å²) >= 11 is 0. The lowest BCUT2D eigenvalue weighted by molar-refractivity contribution is -0.387. The molecule has 2 aromatic rings. The lowest BCUT2D eigenvalue weighted by atomic mass is 10.1. The molecule has 29 heavy (non-hydrogen) atoms. The van der Waals surface area contributed by atoms with Crippen molar-refractivity contribution in [2.75, 3.05) is 17.2 Å². The summed E-state index contributed by atoms with van der Waals surface area (Å²) in [5, 5.41) is 15.5. The van der Waals surface area contributed by atoms with Crippen LogP contribution >= 0.6 is 0 Å². The molecule has 0 radical (unpaired) electrons. The highest BCUT2D eigenvalue weighted by Crippen LogP contribution is 2.29. The lowest BCUT2D eigenvalue weighted by Crippen LogP contribution is -2.39. The van der Waals surface area contributed by atoms with Gasteiger partial charge in [-0.2, -0.15) is 4.39 Å². The molecule has 0 aromatic heterocycles. The summed E-state index contributed by atoms with van der Waals surface area (Å²) in [6.45, 7) is -0.699. The quantitative estimate of drug-likeness (QED) is 0.428. The van der Waals surface area contributed by atoms with E-state index >= 15 is 0 Å². The van der Waals surface area contributed by atoms with Gasteiger partial charge in [-0.25, -0.2) is 0 Å². The number of hydrogen-bond donors (Lipinski definition) is 2. The molecule has 10 nitrogen and oxygen atoms in total. The summed E-state index contributed by atoms with van der Waals surface area (Å²) in [4.78, 5) is 45.5. The molecule has 0 saturated heterocycles. The average Bonchev–Trinajstić information content (AvgIpc) is 2.68. The minimum atomic E-state index is -1.11. The summed E-state index contributed by atoms with van der Waals surface area (Å²) in [5.74, 6) is -2.82. The molecule has 2 amide bonds. The van der Waals surface area contributed by atoms with E-state index in [2.05, 4.69) is 10.6 Å². The van der Waals surface area contributed by atoms with Crippen LogP contribution in [-0.2, 0) is 19.1 Å². The van der Waals surface area contributed by atoms with E-state index in [0.717, 1.165) is 18.2 Å². The largest absolute Gasteiger partial charge is 0.478 e. The van der Waals surface area contributed by atoms with Gasteiger partial charge < -0.3 is 20.1 Å². The van der Waals surface area contributed by atoms with Crippen molar-refractivity contribution < 1.29 is 33.2 Å². The number of ether oxygens (including phenoxy) is 2. The first-order chi connectivity index (χ1) is 13.8. The van der Waals surface area contributed by atoms with E-state index in [0.29, 0.717) is 11.4 Å². The van der Waals surface area contributed by atoms with Crippen LogP contribution in [0.3, 0.4) is 0 Å². The second kappa shape index (κ2) is 8.33. The van der Waals surface area contributed by atoms with Crippen molar-refractivity contribution in [2.45, 2.75) is 12.5 Å². The van der Waals surface area contributed by atoms with Gasteiger partial charge in [-0.1, -0.05) is 12.1 Å². The molecule has 0 bridgehead atoms. The fourth-order valence-electron chi connectivity index (χ4n) is 2.51. The number of halogens is 1. The number of nitro groups is 1. The second-order valence-electron chi connectivity index (χ2n) is 5.93. The zero-order chi connectivity index (χ0) is 21.0. The van der Waals surface area contributed by atoms with Crippen LogP contribution in [0.2, 0.25) is 0 Å². The van der Waals surface area contributed by atoms with E-state index < -0.39 is 53.3 Å². The Morgan fingerprint density at radius 1 is 1.28 bits per heavy atom. The standard InChI is InChI=1S/C18H14FN3O7/c19-11-6-5-10(7-13(11)22(26)27)20-16(23)9-28-17(24)8-15-18(25)21-12-3-1-2-4-14(12)29-15/h1-7,15H,8-9H2,(H,20,23)(H,21,25). The molecule has 3 rings (SSSR count). The number of fused-ring (bicyclic) bond motifs is 1. The Bertz CT molecular complexity index is 995. The number of anilines is 2. The van der Waals surface area contributed by atoms with E-state index in [-0.39, 0.29) is 5.69 Å². The molecule has 2 aromatic carbocycles. The maximum Gasteiger partial charge on any atom is 0.310 e. The first-order valence-corrected chi connectivity index (χ1v) is 8.29. The molecule has 1 atom stereocenters. The first-order valence-electron chi connectivity index (χ1n) is 8.29. The highest BCUT2D eigenvalue weighted by atomic mass is 19.1. The van der Waals surface area contributed by atoms with E-state index in [1.54, 1.807) is 24.3 Å². The summed E-state index contributed by atoms with van der Waals surface area (Å²) in [5.41, 5.74) is -0.360. The highest BCUT2D eigenvalue weighted by Gasteiger charge is 2.30. The van der Waals surface area contributed by atoms with Crippen LogP contribution in [0.5, 0.6) is 5.75 Å². The minimum Gasteiger partial charge on any atom is -0.478 e. The van der Waals surface area contributed by atoms with Crippen molar-refractivity contribution in [3.05, 3.63) is 58.4 Å². The molecule has 0 aliphatic carbocycles. The monoisotopic (exact) mass is 403 g/mol. The number of carbonyl (C=O) groups excluding carboxylic acids is 3. The Balaban J connectivity index is 1.51. The van der Waals surface area contributed by atoms with Gasteiger partial charge in [0, 0.05) is 11.8 Å². The van der Waals surface area contributed by atoms with Gasteiger partial charge in [0.15, 0.2) is 12.7 Å². The fourth-order valence-corrected chi connectivity index (χ4v) is 2.51. The van der Waals surface area contributed by atoms with E-state index in [1.807, 2.05) is 0 Å². The molecule has 1 heterocycles. The molecule has 11 heteroatoms. The number of amides is 2. The van der Waals surface area contributed by atoms with Crippen LogP contribution in [0.4, 0.5) is 21.5 Å². The van der Waals surface area contributed by atoms with Crippen LogP contribution in [0.25, 0.3) is 0 Å². The topological polar surface area (TPSA) is 137 Å². The third kappa shape index (κ3) is 4.83. The molecule has 1 unspecified atom stereocenters. The maximum atomic E-state index is 13.3. The van der Waals surface area contributed by atoms with Crippen LogP contribution in [0.15, 0.2) is 42.5 Å². The molecule has 0 spiro atoms. The van der Waals surface area contributed by atoms with Crippen molar-refractivity contribution in [3.63, 3.8) is 0 Å². The van der Waals surface area contributed by atoms with Gasteiger partial charge in [-0.15, -0.1) is 0 Å². The number of carbonyl (C=O) groups is 3. The van der Waals surface area contributed by atoms with Gasteiger partial charge in [0.2, 0.25) is 5.82 Å². The zero-order valence-electron chi connectivity index (χ0n) is 14.7. The van der Waals surface area contributed by atoms with Crippen LogP contribution in [0, 0.1) is 15.9 Å². The maximum absolute atomic E-state index is 13.3. The van der Waals surface area contributed by atoms with Gasteiger partial charge in [0.25, 0.3) is 11.8 Å². The van der Waals surface area contributed by atoms with Gasteiger partial charge in [0.05, 0.1) is 17.0 Å². The Morgan fingerprint density at radius 2 is 2.03 bits per heavy atom. The molecule has 0 fully saturated rings. The number of nitro benzene ring substituents is 1. The summed E-state index contributed by atoms with van der Waals surface area (Å²) in [6.07, 6.45) is -1.53. The van der Waals surface area contributed by atoms with Crippen molar-refractivity contribution >= 4 is 34.8 Å². The Kier molecular flexibility index (Phi) is 5.67. The molecular weight excluding hydrogens is 389 g/mol. The number of nitrogens with one attached hydrogen (secondary N) is 2. The molecule has 150 valence electrons. The average molecular weight is 403 g/mol. The normalized spacial score (nSPS) is 14.8. The molecule has 1 aliphatic heterocycles. The second-order valence-corrected chi connectivity index (χ2v) is 5.93. The van der Waals surface area contributed by atoms with Gasteiger partial charge in [0.1, 0.15) is 5.75 Å². The molecule has 2 N–H and O–H groups in total. The Hall–Kier alpha value is -4.02. The van der Waals surface area contributed by atoms with Crippen molar-refractivity contribution in [1.82, 2.24) is 0 Å². The van der Waals surface area contributed by atoms with E-state index in [4.69, 9.17) is 9.47 Å². The summed E-state index contributed by atoms with van der Waals surface area (Å²) in [6, 6.07) is 9.48. The van der Waals surface area contributed by atoms with Gasteiger partial charge in [-0.05, 0) is 24.3 Å². The van der Waals surface area contributed by atoms with Gasteiger partial charge in [-0.3, -0.25) is 24.5 Å². The van der Waals surface area contributed by atoms with E-state index in [1.165, 1.54) is 0 Å². The highest BCUT2D eigenvalue weighted by molar-refractivity contribution is 5.99. The number of para-hydroxylation sites is 2. The van der Waals surface area contributed by atoms with Crippen molar-refractivity contribution in [3.8, 4) is 5.75 Å². The predicted octanol–water partition coefficient (Wildman–Crippen LogP) is 2.01. The van der Waals surface area contributed by atoms with Crippen molar-refractivity contribution in [2.24, 2.45) is 0 Å². The third-order valence-electron chi connectivity index (χ3n) is 3.85. The van der Waals surface area contributed by atoms with Crippen molar-refractivity contribution in [1.29, 1.82) is 0 Å². The number of esters is 1. The smallest absolute Gasteiger partial charge is 0.310 e. The van der Waals surface area contributed by atoms with E-state index in [9.17, 15) is 28.9 Å². The number of benzene rings is 2. The number of nitrogens with zero attached hydrogens (tertiary/aromatic N) is 1. The Labute approximate surface area is 162 Å². The predicted molar refractivity (Wildman–Crippen MR) is 96.7 cm³/mol. The first kappa shape index (κ1) is 19.7. The van der Waals surface area contributed by atoms with Gasteiger partial charge >= 0.3 is 11.7 Å². The SMILES string of the molecule is O=C(COC(=O)CC1Oc2ccccc2NC1=O)Nc1ccc(F)c([N+](=O)[O-])c1. The zero-order valence-corrected chi connectivity index (χ0v) is 14.7. The number of hydrogen-bond acceptors (Lipinski definition) is 7. The minimum absolute atomic E-state index is 0.0363. The Morgan fingerprint density at radius 3 is 2.79 bits per heavy atom. The summed E-state index contributed by atoms with van der Waals surface area (Å²) < 4.78 is 23.5. The van der Waals surface area contributed by atoms with Crippen LogP contribution in [0.1, 0.15) is 6.42 Å². The molecule has 1 aliphatic rings. The lowest BCUT2D eigenvalue weighted by Gasteiger charge is -2.25. The molecular formula is C18H14FN3O7. The molecule has 0 saturated carbocycles. The summed E-state index contributed by atoms with van der Waals surface area (Å²) in [7, 11) is 0.